The molecule has 11 rings (SSSR count). The Morgan fingerprint density at radius 1 is 0.551 bits per heavy atom. The molecule has 0 saturated carbocycles. The fourth-order valence-corrected chi connectivity index (χ4v) is 9.28. The lowest BCUT2D eigenvalue weighted by atomic mass is 9.94. The Labute approximate surface area is 286 Å². The lowest BCUT2D eigenvalue weighted by molar-refractivity contribution is 1.15. The summed E-state index contributed by atoms with van der Waals surface area (Å²) >= 11 is 1.77. The number of rotatable bonds is 3. The molecule has 0 spiro atoms. The van der Waals surface area contributed by atoms with E-state index in [1.165, 1.54) is 64.9 Å². The number of aromatic nitrogens is 3. The number of benzene rings is 7. The smallest absolute Gasteiger partial charge is 0.160 e. The van der Waals surface area contributed by atoms with Crippen molar-refractivity contribution in [2.24, 2.45) is 0 Å². The summed E-state index contributed by atoms with van der Waals surface area (Å²) in [6.45, 7) is 0. The number of fused-ring (bicyclic) bond motifs is 13. The molecule has 0 saturated heterocycles. The highest BCUT2D eigenvalue weighted by Gasteiger charge is 2.28. The number of hydrogen-bond donors (Lipinski definition) is 0. The second-order valence-corrected chi connectivity index (χ2v) is 13.9. The maximum atomic E-state index is 5.23. The topological polar surface area (TPSA) is 30.7 Å². The Balaban J connectivity index is 1.15. The van der Waals surface area contributed by atoms with Crippen LogP contribution >= 0.6 is 11.3 Å². The van der Waals surface area contributed by atoms with Crippen LogP contribution in [0, 0.1) is 0 Å². The van der Waals surface area contributed by atoms with Gasteiger partial charge in [-0.3, -0.25) is 0 Å². The molecule has 7 aromatic carbocycles. The molecule has 3 nitrogen and oxygen atoms in total. The van der Waals surface area contributed by atoms with Crippen LogP contribution in [0.1, 0.15) is 11.1 Å². The summed E-state index contributed by atoms with van der Waals surface area (Å²) in [5.74, 6) is 0.742. The van der Waals surface area contributed by atoms with E-state index in [-0.39, 0.29) is 0 Å². The average molecular weight is 642 g/mol. The van der Waals surface area contributed by atoms with Gasteiger partial charge in [-0.1, -0.05) is 115 Å². The molecule has 0 radical (unpaired) electrons. The van der Waals surface area contributed by atoms with Crippen LogP contribution < -0.4 is 0 Å². The standard InChI is InChI=1S/C45H27N3S/c1-2-12-27(13-3-1)41-44-42(35-19-9-11-21-38(35)49-44)47-45(46-41)28-22-24-30(25-23-28)48-37-20-10-8-18-34(37)40-33-17-7-6-16-32(33)39-31-15-5-4-14-29(31)26-36(39)43(40)48/h1-25H,26H2. The molecule has 0 aliphatic heterocycles. The fraction of sp³-hybridized carbons (Fsp3) is 0.0222. The quantitative estimate of drug-likeness (QED) is 0.192. The zero-order valence-corrected chi connectivity index (χ0v) is 27.2. The molecule has 1 aliphatic carbocycles. The van der Waals surface area contributed by atoms with E-state index in [0.29, 0.717) is 0 Å². The summed E-state index contributed by atoms with van der Waals surface area (Å²) in [7, 11) is 0. The Hall–Kier alpha value is -6.10. The Morgan fingerprint density at radius 3 is 2.10 bits per heavy atom. The fourth-order valence-electron chi connectivity index (χ4n) is 8.13. The van der Waals surface area contributed by atoms with E-state index in [1.807, 2.05) is 0 Å². The summed E-state index contributed by atoms with van der Waals surface area (Å²) < 4.78 is 4.84. The summed E-state index contributed by atoms with van der Waals surface area (Å²) in [6.07, 6.45) is 0.923. The van der Waals surface area contributed by atoms with Crippen molar-refractivity contribution in [3.63, 3.8) is 0 Å². The molecule has 0 bridgehead atoms. The molecule has 1 aliphatic rings. The Bertz CT molecular complexity index is 2950. The Morgan fingerprint density at radius 2 is 1.24 bits per heavy atom. The van der Waals surface area contributed by atoms with Gasteiger partial charge in [0.15, 0.2) is 5.82 Å². The highest BCUT2D eigenvalue weighted by atomic mass is 32.1. The van der Waals surface area contributed by atoms with Gasteiger partial charge in [0.25, 0.3) is 0 Å². The molecule has 0 atom stereocenters. The van der Waals surface area contributed by atoms with Crippen LogP contribution in [-0.2, 0) is 6.42 Å². The molecule has 49 heavy (non-hydrogen) atoms. The monoisotopic (exact) mass is 641 g/mol. The van der Waals surface area contributed by atoms with Crippen LogP contribution in [0.2, 0.25) is 0 Å². The lowest BCUT2D eigenvalue weighted by Gasteiger charge is -2.14. The minimum Gasteiger partial charge on any atom is -0.309 e. The summed E-state index contributed by atoms with van der Waals surface area (Å²) in [6, 6.07) is 54.6. The van der Waals surface area contributed by atoms with Crippen molar-refractivity contribution >= 4 is 64.2 Å². The average Bonchev–Trinajstić information content (AvgIpc) is 3.85. The molecule has 3 heterocycles. The first-order chi connectivity index (χ1) is 24.3. The molecule has 3 aromatic heterocycles. The highest BCUT2D eigenvalue weighted by Crippen LogP contribution is 2.49. The zero-order chi connectivity index (χ0) is 32.1. The van der Waals surface area contributed by atoms with E-state index in [0.717, 1.165) is 45.0 Å². The molecule has 0 amide bonds. The van der Waals surface area contributed by atoms with Crippen LogP contribution in [0.25, 0.3) is 92.3 Å². The highest BCUT2D eigenvalue weighted by molar-refractivity contribution is 7.26. The third kappa shape index (κ3) is 3.83. The molecule has 0 fully saturated rings. The minimum absolute atomic E-state index is 0.742. The van der Waals surface area contributed by atoms with E-state index in [4.69, 9.17) is 9.97 Å². The van der Waals surface area contributed by atoms with E-state index in [1.54, 1.807) is 11.3 Å². The number of nitrogens with zero attached hydrogens (tertiary/aromatic N) is 3. The first kappa shape index (κ1) is 26.9. The summed E-state index contributed by atoms with van der Waals surface area (Å²) in [5.41, 5.74) is 13.3. The van der Waals surface area contributed by atoms with Gasteiger partial charge in [-0.05, 0) is 69.4 Å². The Kier molecular flexibility index (Phi) is 5.60. The van der Waals surface area contributed by atoms with Crippen molar-refractivity contribution in [2.75, 3.05) is 0 Å². The molecular formula is C45H27N3S. The molecular weight excluding hydrogens is 615 g/mol. The predicted molar refractivity (Wildman–Crippen MR) is 206 cm³/mol. The third-order valence-electron chi connectivity index (χ3n) is 10.2. The first-order valence-corrected chi connectivity index (χ1v) is 17.5. The van der Waals surface area contributed by atoms with Crippen LogP contribution in [0.5, 0.6) is 0 Å². The molecule has 4 heteroatoms. The maximum absolute atomic E-state index is 5.23. The number of hydrogen-bond acceptors (Lipinski definition) is 3. The van der Waals surface area contributed by atoms with E-state index >= 15 is 0 Å². The van der Waals surface area contributed by atoms with Crippen LogP contribution in [0.4, 0.5) is 0 Å². The van der Waals surface area contributed by atoms with Crippen LogP contribution in [-0.4, -0.2) is 14.5 Å². The van der Waals surface area contributed by atoms with Crippen LogP contribution in [0.3, 0.4) is 0 Å². The second-order valence-electron chi connectivity index (χ2n) is 12.9. The van der Waals surface area contributed by atoms with Crippen molar-refractivity contribution in [1.82, 2.24) is 14.5 Å². The summed E-state index contributed by atoms with van der Waals surface area (Å²) in [5, 5.41) is 6.41. The van der Waals surface area contributed by atoms with E-state index in [2.05, 4.69) is 156 Å². The van der Waals surface area contributed by atoms with Gasteiger partial charge >= 0.3 is 0 Å². The minimum atomic E-state index is 0.742. The van der Waals surface area contributed by atoms with Crippen molar-refractivity contribution in [3.8, 4) is 39.5 Å². The van der Waals surface area contributed by atoms with Gasteiger partial charge in [0.2, 0.25) is 0 Å². The van der Waals surface area contributed by atoms with Crippen molar-refractivity contribution in [1.29, 1.82) is 0 Å². The van der Waals surface area contributed by atoms with Gasteiger partial charge in [0.05, 0.1) is 26.9 Å². The molecule has 0 unspecified atom stereocenters. The predicted octanol–water partition coefficient (Wildman–Crippen LogP) is 12.0. The third-order valence-corrected chi connectivity index (χ3v) is 11.4. The van der Waals surface area contributed by atoms with E-state index in [9.17, 15) is 0 Å². The van der Waals surface area contributed by atoms with Crippen LogP contribution in [0.15, 0.2) is 152 Å². The first-order valence-electron chi connectivity index (χ1n) is 16.7. The van der Waals surface area contributed by atoms with Gasteiger partial charge in [0.1, 0.15) is 0 Å². The lowest BCUT2D eigenvalue weighted by Crippen LogP contribution is -1.98. The van der Waals surface area contributed by atoms with Gasteiger partial charge < -0.3 is 4.57 Å². The van der Waals surface area contributed by atoms with Gasteiger partial charge in [-0.15, -0.1) is 11.3 Å². The summed E-state index contributed by atoms with van der Waals surface area (Å²) in [4.78, 5) is 10.4. The van der Waals surface area contributed by atoms with Crippen molar-refractivity contribution < 1.29 is 0 Å². The zero-order valence-electron chi connectivity index (χ0n) is 26.4. The second kappa shape index (κ2) is 10.2. The maximum Gasteiger partial charge on any atom is 0.160 e. The molecule has 228 valence electrons. The molecule has 10 aromatic rings. The SMILES string of the molecule is c1ccc(-c2nc(-c3ccc(-n4c5ccccc5c5c6ccccc6c6c(c54)Cc4ccccc4-6)cc3)nc3c2sc2ccccc23)cc1. The van der Waals surface area contributed by atoms with Crippen molar-refractivity contribution in [2.45, 2.75) is 6.42 Å². The number of thiophene rings is 1. The molecule has 0 N–H and O–H groups in total. The van der Waals surface area contributed by atoms with Gasteiger partial charge in [-0.25, -0.2) is 9.97 Å². The largest absolute Gasteiger partial charge is 0.309 e. The van der Waals surface area contributed by atoms with E-state index < -0.39 is 0 Å². The normalized spacial score (nSPS) is 12.4. The van der Waals surface area contributed by atoms with Gasteiger partial charge in [-0.2, -0.15) is 0 Å². The van der Waals surface area contributed by atoms with Crippen molar-refractivity contribution in [3.05, 3.63) is 163 Å². The number of para-hydroxylation sites is 1. The van der Waals surface area contributed by atoms with Gasteiger partial charge in [0, 0.05) is 44.1 Å².